The molecule has 1 aliphatic rings. The Kier molecular flexibility index (Phi) is 3.40. The van der Waals surface area contributed by atoms with E-state index < -0.39 is 10.8 Å². The first-order valence-electron chi connectivity index (χ1n) is 5.76. The van der Waals surface area contributed by atoms with Gasteiger partial charge in [0, 0.05) is 12.6 Å². The number of rotatable bonds is 4. The van der Waals surface area contributed by atoms with Crippen molar-refractivity contribution in [2.75, 3.05) is 12.3 Å². The van der Waals surface area contributed by atoms with E-state index in [4.69, 9.17) is 5.73 Å². The van der Waals surface area contributed by atoms with Gasteiger partial charge in [0.05, 0.1) is 10.5 Å². The minimum absolute atomic E-state index is 0.00621. The van der Waals surface area contributed by atoms with Gasteiger partial charge < -0.3 is 11.1 Å². The highest BCUT2D eigenvalue weighted by atomic mass is 16.6. The fraction of sp³-hybridized carbons (Fsp3) is 0.455. The summed E-state index contributed by atoms with van der Waals surface area (Å²) >= 11 is 0. The van der Waals surface area contributed by atoms with Crippen molar-refractivity contribution in [3.05, 3.63) is 27.9 Å². The number of aromatic nitrogens is 1. The van der Waals surface area contributed by atoms with E-state index in [1.165, 1.54) is 6.42 Å². The Bertz CT molecular complexity index is 485. The molecule has 7 heteroatoms. The quantitative estimate of drug-likeness (QED) is 0.614. The summed E-state index contributed by atoms with van der Waals surface area (Å²) in [4.78, 5) is 25.5. The maximum absolute atomic E-state index is 11.8. The van der Waals surface area contributed by atoms with E-state index in [2.05, 4.69) is 10.3 Å². The normalized spacial score (nSPS) is 14.9. The van der Waals surface area contributed by atoms with Crippen LogP contribution in [-0.2, 0) is 0 Å². The minimum atomic E-state index is -0.602. The molecule has 1 saturated carbocycles. The topological polar surface area (TPSA) is 111 Å². The SMILES string of the molecule is Nc1ncc([N+](=O)[O-])cc1C(=O)NCC1CCC1. The molecule has 1 aliphatic carbocycles. The predicted octanol–water partition coefficient (Wildman–Crippen LogP) is 1.10. The maximum atomic E-state index is 11.8. The number of nitro groups is 1. The molecule has 1 fully saturated rings. The van der Waals surface area contributed by atoms with Crippen LogP contribution in [0.25, 0.3) is 0 Å². The molecule has 0 radical (unpaired) electrons. The van der Waals surface area contributed by atoms with Gasteiger partial charge in [-0.05, 0) is 18.8 Å². The van der Waals surface area contributed by atoms with Crippen LogP contribution in [-0.4, -0.2) is 22.4 Å². The standard InChI is InChI=1S/C11H14N4O3/c12-10-9(4-8(6-13-10)15(17)18)11(16)14-5-7-2-1-3-7/h4,6-7H,1-3,5H2,(H2,12,13)(H,14,16). The van der Waals surface area contributed by atoms with Gasteiger partial charge in [-0.2, -0.15) is 0 Å². The number of hydrogen-bond donors (Lipinski definition) is 2. The van der Waals surface area contributed by atoms with Crippen molar-refractivity contribution in [3.63, 3.8) is 0 Å². The molecule has 0 aliphatic heterocycles. The molecule has 1 aromatic rings. The number of amides is 1. The van der Waals surface area contributed by atoms with Crippen LogP contribution in [0.3, 0.4) is 0 Å². The van der Waals surface area contributed by atoms with Crippen LogP contribution in [0.15, 0.2) is 12.3 Å². The molecule has 1 heterocycles. The average molecular weight is 250 g/mol. The van der Waals surface area contributed by atoms with E-state index in [9.17, 15) is 14.9 Å². The number of nitrogens with two attached hydrogens (primary N) is 1. The highest BCUT2D eigenvalue weighted by Crippen LogP contribution is 2.25. The summed E-state index contributed by atoms with van der Waals surface area (Å²) in [7, 11) is 0. The van der Waals surface area contributed by atoms with Crippen LogP contribution in [0.5, 0.6) is 0 Å². The number of nitrogen functional groups attached to an aromatic ring is 1. The van der Waals surface area contributed by atoms with E-state index in [-0.39, 0.29) is 17.1 Å². The number of carbonyl (C=O) groups is 1. The highest BCUT2D eigenvalue weighted by molar-refractivity contribution is 5.98. The van der Waals surface area contributed by atoms with Crippen molar-refractivity contribution >= 4 is 17.4 Å². The van der Waals surface area contributed by atoms with E-state index in [1.54, 1.807) is 0 Å². The van der Waals surface area contributed by atoms with Gasteiger partial charge in [0.2, 0.25) is 0 Å². The lowest BCUT2D eigenvalue weighted by Gasteiger charge is -2.25. The summed E-state index contributed by atoms with van der Waals surface area (Å²) in [6.45, 7) is 0.584. The number of nitrogens with zero attached hydrogens (tertiary/aromatic N) is 2. The van der Waals surface area contributed by atoms with Gasteiger partial charge in [0.1, 0.15) is 12.0 Å². The third-order valence-electron chi connectivity index (χ3n) is 3.14. The Morgan fingerprint density at radius 1 is 1.61 bits per heavy atom. The zero-order valence-electron chi connectivity index (χ0n) is 9.76. The van der Waals surface area contributed by atoms with E-state index in [0.717, 1.165) is 25.1 Å². The second-order valence-electron chi connectivity index (χ2n) is 4.39. The lowest BCUT2D eigenvalue weighted by atomic mass is 9.85. The second-order valence-corrected chi connectivity index (χ2v) is 4.39. The molecule has 0 unspecified atom stereocenters. The molecule has 0 atom stereocenters. The average Bonchev–Trinajstić information content (AvgIpc) is 2.26. The lowest BCUT2D eigenvalue weighted by molar-refractivity contribution is -0.385. The zero-order valence-corrected chi connectivity index (χ0v) is 9.76. The summed E-state index contributed by atoms with van der Waals surface area (Å²) in [5, 5.41) is 13.3. The Hall–Kier alpha value is -2.18. The lowest BCUT2D eigenvalue weighted by Crippen LogP contribution is -2.32. The Labute approximate surface area is 104 Å². The molecule has 3 N–H and O–H groups in total. The monoisotopic (exact) mass is 250 g/mol. The predicted molar refractivity (Wildman–Crippen MR) is 65.0 cm³/mol. The van der Waals surface area contributed by atoms with Crippen molar-refractivity contribution in [1.82, 2.24) is 10.3 Å². The van der Waals surface area contributed by atoms with Crippen molar-refractivity contribution in [3.8, 4) is 0 Å². The van der Waals surface area contributed by atoms with Crippen LogP contribution in [0.1, 0.15) is 29.6 Å². The minimum Gasteiger partial charge on any atom is -0.383 e. The van der Waals surface area contributed by atoms with Crippen LogP contribution in [0.2, 0.25) is 0 Å². The molecular weight excluding hydrogens is 236 g/mol. The van der Waals surface area contributed by atoms with Gasteiger partial charge >= 0.3 is 0 Å². The summed E-state index contributed by atoms with van der Waals surface area (Å²) in [5.74, 6) is 0.115. The Balaban J connectivity index is 2.07. The smallest absolute Gasteiger partial charge is 0.288 e. The van der Waals surface area contributed by atoms with Gasteiger partial charge in [-0.25, -0.2) is 4.98 Å². The Morgan fingerprint density at radius 3 is 2.89 bits per heavy atom. The van der Waals surface area contributed by atoms with Crippen LogP contribution < -0.4 is 11.1 Å². The Morgan fingerprint density at radius 2 is 2.33 bits per heavy atom. The molecule has 96 valence electrons. The van der Waals surface area contributed by atoms with Gasteiger partial charge in [0.25, 0.3) is 11.6 Å². The molecule has 18 heavy (non-hydrogen) atoms. The molecule has 0 aromatic carbocycles. The molecular formula is C11H14N4O3. The molecule has 1 aromatic heterocycles. The fourth-order valence-electron chi connectivity index (χ4n) is 1.78. The summed E-state index contributed by atoms with van der Waals surface area (Å²) < 4.78 is 0. The van der Waals surface area contributed by atoms with Gasteiger partial charge in [-0.1, -0.05) is 6.42 Å². The van der Waals surface area contributed by atoms with Crippen molar-refractivity contribution in [1.29, 1.82) is 0 Å². The third kappa shape index (κ3) is 2.55. The maximum Gasteiger partial charge on any atom is 0.288 e. The summed E-state index contributed by atoms with van der Waals surface area (Å²) in [5.41, 5.74) is 5.37. The molecule has 0 spiro atoms. The van der Waals surface area contributed by atoms with Crippen LogP contribution >= 0.6 is 0 Å². The van der Waals surface area contributed by atoms with Crippen LogP contribution in [0, 0.1) is 16.0 Å². The number of carbonyl (C=O) groups excluding carboxylic acids is 1. The van der Waals surface area contributed by atoms with E-state index in [1.807, 2.05) is 0 Å². The number of nitrogens with one attached hydrogen (secondary N) is 1. The first kappa shape index (κ1) is 12.3. The molecule has 2 rings (SSSR count). The van der Waals surface area contributed by atoms with E-state index >= 15 is 0 Å². The summed E-state index contributed by atoms with van der Waals surface area (Å²) in [6, 6.07) is 1.15. The largest absolute Gasteiger partial charge is 0.383 e. The number of hydrogen-bond acceptors (Lipinski definition) is 5. The number of pyridine rings is 1. The highest BCUT2D eigenvalue weighted by Gasteiger charge is 2.20. The first-order chi connectivity index (χ1) is 8.58. The van der Waals surface area contributed by atoms with Gasteiger partial charge in [-0.3, -0.25) is 14.9 Å². The van der Waals surface area contributed by atoms with Gasteiger partial charge in [-0.15, -0.1) is 0 Å². The van der Waals surface area contributed by atoms with Crippen LogP contribution in [0.4, 0.5) is 11.5 Å². The van der Waals surface area contributed by atoms with Crippen molar-refractivity contribution in [2.45, 2.75) is 19.3 Å². The first-order valence-corrected chi connectivity index (χ1v) is 5.76. The van der Waals surface area contributed by atoms with Crippen molar-refractivity contribution < 1.29 is 9.72 Å². The molecule has 0 bridgehead atoms. The molecule has 1 amide bonds. The third-order valence-corrected chi connectivity index (χ3v) is 3.14. The number of anilines is 1. The fourth-order valence-corrected chi connectivity index (χ4v) is 1.78. The second kappa shape index (κ2) is 4.99. The van der Waals surface area contributed by atoms with Gasteiger partial charge in [0.15, 0.2) is 0 Å². The molecule has 7 nitrogen and oxygen atoms in total. The van der Waals surface area contributed by atoms with Crippen molar-refractivity contribution in [2.24, 2.45) is 5.92 Å². The summed E-state index contributed by atoms with van der Waals surface area (Å²) in [6.07, 6.45) is 4.46. The molecule has 0 saturated heterocycles. The van der Waals surface area contributed by atoms with E-state index in [0.29, 0.717) is 12.5 Å². The zero-order chi connectivity index (χ0) is 13.1.